The summed E-state index contributed by atoms with van der Waals surface area (Å²) in [6, 6.07) is -0.0000463. The minimum absolute atomic E-state index is 0.0000463. The standard InChI is InChI=1S/C7H12N2OS/c1-2-3-8-7(10)6-4-11-5-9-6/h2,6,9H,1,3-5H2,(H,8,10)/t6-/m1/s1. The molecule has 0 aromatic heterocycles. The van der Waals surface area contributed by atoms with Gasteiger partial charge in [-0.2, -0.15) is 0 Å². The van der Waals surface area contributed by atoms with Crippen LogP contribution in [0.4, 0.5) is 0 Å². The summed E-state index contributed by atoms with van der Waals surface area (Å²) in [7, 11) is 0. The lowest BCUT2D eigenvalue weighted by Crippen LogP contribution is -2.41. The lowest BCUT2D eigenvalue weighted by atomic mass is 10.3. The molecule has 1 saturated heterocycles. The Morgan fingerprint density at radius 2 is 2.73 bits per heavy atom. The molecule has 62 valence electrons. The van der Waals surface area contributed by atoms with Gasteiger partial charge in [-0.05, 0) is 0 Å². The fourth-order valence-electron chi connectivity index (χ4n) is 0.860. The number of hydrogen-bond acceptors (Lipinski definition) is 3. The second-order valence-corrected chi connectivity index (χ2v) is 3.34. The van der Waals surface area contributed by atoms with E-state index in [-0.39, 0.29) is 11.9 Å². The van der Waals surface area contributed by atoms with Crippen LogP contribution in [0, 0.1) is 0 Å². The first-order chi connectivity index (χ1) is 5.34. The molecule has 0 aromatic rings. The fourth-order valence-corrected chi connectivity index (χ4v) is 1.80. The zero-order chi connectivity index (χ0) is 8.10. The third-order valence-electron chi connectivity index (χ3n) is 1.45. The second kappa shape index (κ2) is 4.41. The summed E-state index contributed by atoms with van der Waals surface area (Å²) in [6.45, 7) is 4.08. The molecule has 4 heteroatoms. The Bertz CT molecular complexity index is 155. The SMILES string of the molecule is C=CCNC(=O)[C@H]1CSCN1. The highest BCUT2D eigenvalue weighted by Crippen LogP contribution is 2.08. The number of rotatable bonds is 3. The van der Waals surface area contributed by atoms with Crippen molar-refractivity contribution in [3.63, 3.8) is 0 Å². The van der Waals surface area contributed by atoms with Crippen LogP contribution in [0.15, 0.2) is 12.7 Å². The molecular weight excluding hydrogens is 160 g/mol. The van der Waals surface area contributed by atoms with Crippen molar-refractivity contribution in [1.29, 1.82) is 0 Å². The van der Waals surface area contributed by atoms with E-state index in [0.29, 0.717) is 6.54 Å². The van der Waals surface area contributed by atoms with Crippen molar-refractivity contribution < 1.29 is 4.79 Å². The Morgan fingerprint density at radius 1 is 1.91 bits per heavy atom. The van der Waals surface area contributed by atoms with Gasteiger partial charge in [0.1, 0.15) is 0 Å². The summed E-state index contributed by atoms with van der Waals surface area (Å²) in [5, 5.41) is 5.82. The van der Waals surface area contributed by atoms with E-state index in [1.54, 1.807) is 17.8 Å². The third kappa shape index (κ3) is 2.55. The van der Waals surface area contributed by atoms with Gasteiger partial charge in [-0.25, -0.2) is 0 Å². The van der Waals surface area contributed by atoms with Crippen LogP contribution in [0.25, 0.3) is 0 Å². The predicted molar refractivity (Wildman–Crippen MR) is 47.5 cm³/mol. The van der Waals surface area contributed by atoms with Crippen LogP contribution in [-0.2, 0) is 4.79 Å². The first-order valence-electron chi connectivity index (χ1n) is 3.54. The summed E-state index contributed by atoms with van der Waals surface area (Å²) >= 11 is 1.75. The number of amides is 1. The van der Waals surface area contributed by atoms with Crippen molar-refractivity contribution in [2.45, 2.75) is 6.04 Å². The molecule has 0 aromatic carbocycles. The van der Waals surface area contributed by atoms with E-state index in [1.165, 1.54) is 0 Å². The molecule has 0 saturated carbocycles. The van der Waals surface area contributed by atoms with Crippen LogP contribution >= 0.6 is 11.8 Å². The van der Waals surface area contributed by atoms with Gasteiger partial charge in [-0.15, -0.1) is 18.3 Å². The minimum atomic E-state index is -0.0000463. The molecule has 0 unspecified atom stereocenters. The number of carbonyl (C=O) groups is 1. The van der Waals surface area contributed by atoms with Crippen LogP contribution in [0.5, 0.6) is 0 Å². The molecular formula is C7H12N2OS. The van der Waals surface area contributed by atoms with Crippen molar-refractivity contribution in [3.8, 4) is 0 Å². The van der Waals surface area contributed by atoms with Gasteiger partial charge in [0.15, 0.2) is 0 Å². The maximum absolute atomic E-state index is 11.2. The fraction of sp³-hybridized carbons (Fsp3) is 0.571. The van der Waals surface area contributed by atoms with Crippen LogP contribution in [0.3, 0.4) is 0 Å². The highest BCUT2D eigenvalue weighted by Gasteiger charge is 2.21. The Balaban J connectivity index is 2.22. The third-order valence-corrected chi connectivity index (χ3v) is 2.39. The van der Waals surface area contributed by atoms with Gasteiger partial charge in [0, 0.05) is 18.2 Å². The lowest BCUT2D eigenvalue weighted by molar-refractivity contribution is -0.122. The van der Waals surface area contributed by atoms with Gasteiger partial charge in [-0.1, -0.05) is 6.08 Å². The molecule has 0 radical (unpaired) electrons. The zero-order valence-corrected chi connectivity index (χ0v) is 7.12. The van der Waals surface area contributed by atoms with Crippen molar-refractivity contribution in [3.05, 3.63) is 12.7 Å². The Kier molecular flexibility index (Phi) is 3.45. The predicted octanol–water partition coefficient (Wildman–Crippen LogP) is -0.0489. The molecule has 11 heavy (non-hydrogen) atoms. The normalized spacial score (nSPS) is 23.1. The molecule has 1 aliphatic heterocycles. The van der Waals surface area contributed by atoms with Crippen molar-refractivity contribution in [2.75, 3.05) is 18.2 Å². The van der Waals surface area contributed by atoms with Gasteiger partial charge in [0.2, 0.25) is 5.91 Å². The molecule has 3 nitrogen and oxygen atoms in total. The Morgan fingerprint density at radius 3 is 3.27 bits per heavy atom. The maximum atomic E-state index is 11.2. The first kappa shape index (κ1) is 8.62. The van der Waals surface area contributed by atoms with Gasteiger partial charge < -0.3 is 5.32 Å². The largest absolute Gasteiger partial charge is 0.351 e. The molecule has 1 fully saturated rings. The van der Waals surface area contributed by atoms with E-state index >= 15 is 0 Å². The highest BCUT2D eigenvalue weighted by molar-refractivity contribution is 7.99. The van der Waals surface area contributed by atoms with Crippen LogP contribution < -0.4 is 10.6 Å². The van der Waals surface area contributed by atoms with E-state index in [4.69, 9.17) is 0 Å². The number of hydrogen-bond donors (Lipinski definition) is 2. The van der Waals surface area contributed by atoms with E-state index in [0.717, 1.165) is 11.6 Å². The molecule has 0 bridgehead atoms. The maximum Gasteiger partial charge on any atom is 0.238 e. The van der Waals surface area contributed by atoms with Gasteiger partial charge >= 0.3 is 0 Å². The summed E-state index contributed by atoms with van der Waals surface area (Å²) in [5.74, 6) is 1.84. The molecule has 0 aliphatic carbocycles. The Labute approximate surface area is 70.6 Å². The summed E-state index contributed by atoms with van der Waals surface area (Å²) in [5.41, 5.74) is 0. The number of nitrogens with one attached hydrogen (secondary N) is 2. The number of carbonyl (C=O) groups excluding carboxylic acids is 1. The van der Waals surface area contributed by atoms with Crippen molar-refractivity contribution in [1.82, 2.24) is 10.6 Å². The molecule has 0 spiro atoms. The average Bonchev–Trinajstić information content (AvgIpc) is 2.52. The summed E-state index contributed by atoms with van der Waals surface area (Å²) in [6.07, 6.45) is 1.68. The molecule has 1 atom stereocenters. The average molecular weight is 172 g/mol. The highest BCUT2D eigenvalue weighted by atomic mass is 32.2. The summed E-state index contributed by atoms with van der Waals surface area (Å²) < 4.78 is 0. The quantitative estimate of drug-likeness (QED) is 0.586. The van der Waals surface area contributed by atoms with Gasteiger partial charge in [-0.3, -0.25) is 10.1 Å². The summed E-state index contributed by atoms with van der Waals surface area (Å²) in [4.78, 5) is 11.2. The van der Waals surface area contributed by atoms with E-state index < -0.39 is 0 Å². The van der Waals surface area contributed by atoms with Crippen LogP contribution in [0.2, 0.25) is 0 Å². The second-order valence-electron chi connectivity index (χ2n) is 2.31. The Hall–Kier alpha value is -0.480. The topological polar surface area (TPSA) is 41.1 Å². The molecule has 1 aliphatic rings. The van der Waals surface area contributed by atoms with Crippen molar-refractivity contribution >= 4 is 17.7 Å². The van der Waals surface area contributed by atoms with Gasteiger partial charge in [0.05, 0.1) is 6.04 Å². The first-order valence-corrected chi connectivity index (χ1v) is 4.70. The van der Waals surface area contributed by atoms with Gasteiger partial charge in [0.25, 0.3) is 0 Å². The smallest absolute Gasteiger partial charge is 0.238 e. The molecule has 1 rings (SSSR count). The van der Waals surface area contributed by atoms with Crippen molar-refractivity contribution in [2.24, 2.45) is 0 Å². The molecule has 2 N–H and O–H groups in total. The van der Waals surface area contributed by atoms with Crippen LogP contribution in [-0.4, -0.2) is 30.1 Å². The van der Waals surface area contributed by atoms with Crippen LogP contribution in [0.1, 0.15) is 0 Å². The van der Waals surface area contributed by atoms with E-state index in [1.807, 2.05) is 0 Å². The van der Waals surface area contributed by atoms with E-state index in [2.05, 4.69) is 17.2 Å². The van der Waals surface area contributed by atoms with E-state index in [9.17, 15) is 4.79 Å². The lowest BCUT2D eigenvalue weighted by Gasteiger charge is -2.07. The molecule has 1 amide bonds. The zero-order valence-electron chi connectivity index (χ0n) is 6.30. The number of thioether (sulfide) groups is 1. The minimum Gasteiger partial charge on any atom is -0.351 e. The molecule has 1 heterocycles. The monoisotopic (exact) mass is 172 g/mol.